The van der Waals surface area contributed by atoms with Gasteiger partial charge in [0, 0.05) is 18.4 Å². The highest BCUT2D eigenvalue weighted by molar-refractivity contribution is 7.80. The number of carbonyl (C=O) groups is 1. The van der Waals surface area contributed by atoms with E-state index in [1.807, 2.05) is 49.1 Å². The van der Waals surface area contributed by atoms with Crippen LogP contribution in [0.25, 0.3) is 0 Å². The van der Waals surface area contributed by atoms with Gasteiger partial charge in [-0.05, 0) is 26.0 Å². The third-order valence-electron chi connectivity index (χ3n) is 2.97. The van der Waals surface area contributed by atoms with Crippen LogP contribution in [-0.4, -0.2) is 35.6 Å². The first kappa shape index (κ1) is 15.7. The Hall–Kier alpha value is -1.66. The maximum absolute atomic E-state index is 12.0. The van der Waals surface area contributed by atoms with Crippen molar-refractivity contribution in [2.45, 2.75) is 25.4 Å². The molecule has 21 heavy (non-hydrogen) atoms. The SMILES string of the molecule is CC(C)OCCN1C=C(Nc2ccccc2)C(=O)NC1S. The second kappa shape index (κ2) is 7.38. The highest BCUT2D eigenvalue weighted by Crippen LogP contribution is 2.15. The minimum atomic E-state index is -0.338. The van der Waals surface area contributed by atoms with Crippen molar-refractivity contribution in [1.29, 1.82) is 0 Å². The number of rotatable bonds is 6. The molecule has 2 rings (SSSR count). The molecule has 0 aliphatic carbocycles. The number of hydrogen-bond acceptors (Lipinski definition) is 5. The average molecular weight is 307 g/mol. The number of thiol groups is 1. The molecule has 0 radical (unpaired) electrons. The van der Waals surface area contributed by atoms with Gasteiger partial charge in [-0.1, -0.05) is 18.2 Å². The minimum Gasteiger partial charge on any atom is -0.377 e. The lowest BCUT2D eigenvalue weighted by atomic mass is 10.3. The molecule has 0 saturated carbocycles. The molecule has 1 aliphatic heterocycles. The molecule has 0 saturated heterocycles. The lowest BCUT2D eigenvalue weighted by Crippen LogP contribution is -2.49. The van der Waals surface area contributed by atoms with E-state index in [0.29, 0.717) is 18.8 Å². The van der Waals surface area contributed by atoms with Gasteiger partial charge in [0.15, 0.2) is 0 Å². The first-order valence-electron chi connectivity index (χ1n) is 6.96. The molecule has 1 aromatic rings. The first-order chi connectivity index (χ1) is 10.1. The fourth-order valence-electron chi connectivity index (χ4n) is 1.92. The molecular formula is C15H21N3O2S. The molecule has 0 aromatic heterocycles. The van der Waals surface area contributed by atoms with Crippen LogP contribution in [0, 0.1) is 0 Å². The molecule has 0 bridgehead atoms. The molecule has 1 heterocycles. The summed E-state index contributed by atoms with van der Waals surface area (Å²) >= 11 is 4.37. The number of hydrogen-bond donors (Lipinski definition) is 3. The predicted molar refractivity (Wildman–Crippen MR) is 86.9 cm³/mol. The average Bonchev–Trinajstić information content (AvgIpc) is 2.44. The standard InChI is InChI=1S/C15H21N3O2S/c1-11(2)20-9-8-18-10-13(14(19)17-15(18)21)16-12-6-4-3-5-7-12/h3-7,10-11,15-16,21H,8-9H2,1-2H3,(H,17,19). The molecular weight excluding hydrogens is 286 g/mol. The van der Waals surface area contributed by atoms with Crippen LogP contribution in [0.2, 0.25) is 0 Å². The van der Waals surface area contributed by atoms with Crippen molar-refractivity contribution < 1.29 is 9.53 Å². The number of nitrogens with one attached hydrogen (secondary N) is 2. The second-order valence-corrected chi connectivity index (χ2v) is 5.53. The normalized spacial score (nSPS) is 18.5. The van der Waals surface area contributed by atoms with E-state index in [0.717, 1.165) is 5.69 Å². The molecule has 1 atom stereocenters. The summed E-state index contributed by atoms with van der Waals surface area (Å²) in [6, 6.07) is 9.58. The maximum Gasteiger partial charge on any atom is 0.271 e. The fraction of sp³-hybridized carbons (Fsp3) is 0.400. The molecule has 1 unspecified atom stereocenters. The number of anilines is 1. The summed E-state index contributed by atoms with van der Waals surface area (Å²) in [5, 5.41) is 5.92. The largest absolute Gasteiger partial charge is 0.377 e. The number of amides is 1. The number of para-hydroxylation sites is 1. The summed E-state index contributed by atoms with van der Waals surface area (Å²) in [5.41, 5.74) is 1.03. The van der Waals surface area contributed by atoms with Gasteiger partial charge in [0.25, 0.3) is 5.91 Å². The van der Waals surface area contributed by atoms with E-state index < -0.39 is 0 Å². The van der Waals surface area contributed by atoms with E-state index in [9.17, 15) is 4.79 Å². The Bertz CT molecular complexity index is 505. The van der Waals surface area contributed by atoms with Crippen LogP contribution < -0.4 is 10.6 Å². The van der Waals surface area contributed by atoms with Gasteiger partial charge in [-0.15, -0.1) is 12.6 Å². The quantitative estimate of drug-likeness (QED) is 0.704. The van der Waals surface area contributed by atoms with Gasteiger partial charge in [0.05, 0.1) is 12.7 Å². The Balaban J connectivity index is 2.02. The van der Waals surface area contributed by atoms with Crippen molar-refractivity contribution in [1.82, 2.24) is 10.2 Å². The molecule has 114 valence electrons. The van der Waals surface area contributed by atoms with Crippen molar-refractivity contribution in [3.8, 4) is 0 Å². The number of carbonyl (C=O) groups excluding carboxylic acids is 1. The Morgan fingerprint density at radius 2 is 2.10 bits per heavy atom. The van der Waals surface area contributed by atoms with Crippen LogP contribution in [0.1, 0.15) is 13.8 Å². The molecule has 1 aliphatic rings. The van der Waals surface area contributed by atoms with Crippen LogP contribution in [0.4, 0.5) is 5.69 Å². The van der Waals surface area contributed by atoms with Gasteiger partial charge in [0.1, 0.15) is 11.2 Å². The Labute approximate surface area is 130 Å². The Morgan fingerprint density at radius 3 is 2.76 bits per heavy atom. The smallest absolute Gasteiger partial charge is 0.271 e. The topological polar surface area (TPSA) is 53.6 Å². The summed E-state index contributed by atoms with van der Waals surface area (Å²) in [6.07, 6.45) is 1.97. The lowest BCUT2D eigenvalue weighted by molar-refractivity contribution is -0.119. The highest BCUT2D eigenvalue weighted by atomic mass is 32.1. The van der Waals surface area contributed by atoms with Crippen LogP contribution in [0.3, 0.4) is 0 Å². The van der Waals surface area contributed by atoms with Gasteiger partial charge in [-0.2, -0.15) is 0 Å². The first-order valence-corrected chi connectivity index (χ1v) is 7.48. The maximum atomic E-state index is 12.0. The van der Waals surface area contributed by atoms with Gasteiger partial charge in [0.2, 0.25) is 0 Å². The van der Waals surface area contributed by atoms with Crippen molar-refractivity contribution in [3.05, 3.63) is 42.2 Å². The minimum absolute atomic E-state index is 0.167. The highest BCUT2D eigenvalue weighted by Gasteiger charge is 2.24. The zero-order valence-electron chi connectivity index (χ0n) is 12.2. The van der Waals surface area contributed by atoms with Crippen molar-refractivity contribution >= 4 is 24.2 Å². The van der Waals surface area contributed by atoms with Crippen LogP contribution in [0.15, 0.2) is 42.2 Å². The fourth-order valence-corrected chi connectivity index (χ4v) is 2.22. The van der Waals surface area contributed by atoms with Crippen LogP contribution in [-0.2, 0) is 9.53 Å². The molecule has 0 fully saturated rings. The Kier molecular flexibility index (Phi) is 5.52. The lowest BCUT2D eigenvalue weighted by Gasteiger charge is -2.33. The Morgan fingerprint density at radius 1 is 1.38 bits per heavy atom. The molecule has 5 nitrogen and oxygen atoms in total. The van der Waals surface area contributed by atoms with E-state index in [2.05, 4.69) is 23.3 Å². The molecule has 1 amide bonds. The van der Waals surface area contributed by atoms with Gasteiger partial charge < -0.3 is 20.3 Å². The van der Waals surface area contributed by atoms with Gasteiger partial charge in [-0.3, -0.25) is 4.79 Å². The molecule has 1 aromatic carbocycles. The monoisotopic (exact) mass is 307 g/mol. The van der Waals surface area contributed by atoms with Crippen molar-refractivity contribution in [3.63, 3.8) is 0 Å². The van der Waals surface area contributed by atoms with Crippen molar-refractivity contribution in [2.24, 2.45) is 0 Å². The number of nitrogens with zero attached hydrogens (tertiary/aromatic N) is 1. The summed E-state index contributed by atoms with van der Waals surface area (Å²) in [4.78, 5) is 13.9. The van der Waals surface area contributed by atoms with Crippen LogP contribution >= 0.6 is 12.6 Å². The van der Waals surface area contributed by atoms with Gasteiger partial charge in [-0.25, -0.2) is 0 Å². The third-order valence-corrected chi connectivity index (χ3v) is 3.39. The van der Waals surface area contributed by atoms with E-state index in [-0.39, 0.29) is 17.5 Å². The molecule has 0 spiro atoms. The zero-order chi connectivity index (χ0) is 15.2. The summed E-state index contributed by atoms with van der Waals surface area (Å²) in [7, 11) is 0. The van der Waals surface area contributed by atoms with E-state index in [4.69, 9.17) is 4.74 Å². The van der Waals surface area contributed by atoms with Crippen molar-refractivity contribution in [2.75, 3.05) is 18.5 Å². The summed E-state index contributed by atoms with van der Waals surface area (Å²) < 4.78 is 5.54. The zero-order valence-corrected chi connectivity index (χ0v) is 13.1. The predicted octanol–water partition coefficient (Wildman–Crippen LogP) is 2.01. The van der Waals surface area contributed by atoms with E-state index in [1.165, 1.54) is 0 Å². The second-order valence-electron chi connectivity index (χ2n) is 5.04. The summed E-state index contributed by atoms with van der Waals surface area (Å²) in [6.45, 7) is 5.23. The number of benzene rings is 1. The summed E-state index contributed by atoms with van der Waals surface area (Å²) in [5.74, 6) is -0.167. The van der Waals surface area contributed by atoms with Crippen LogP contribution in [0.5, 0.6) is 0 Å². The molecule has 2 N–H and O–H groups in total. The number of ether oxygens (including phenoxy) is 1. The third kappa shape index (κ3) is 4.68. The molecule has 6 heteroatoms. The van der Waals surface area contributed by atoms with Gasteiger partial charge >= 0.3 is 0 Å². The van der Waals surface area contributed by atoms with E-state index >= 15 is 0 Å². The van der Waals surface area contributed by atoms with E-state index in [1.54, 1.807) is 6.20 Å².